The van der Waals surface area contributed by atoms with Crippen LogP contribution >= 0.6 is 0 Å². The van der Waals surface area contributed by atoms with Crippen molar-refractivity contribution in [3.8, 4) is 0 Å². The third-order valence-electron chi connectivity index (χ3n) is 3.89. The first-order valence-corrected chi connectivity index (χ1v) is 8.27. The second-order valence-corrected chi connectivity index (χ2v) is 5.81. The summed E-state index contributed by atoms with van der Waals surface area (Å²) in [5.41, 5.74) is 2.56. The number of hydrogen-bond acceptors (Lipinski definition) is 4. The Hall–Kier alpha value is -3.12. The van der Waals surface area contributed by atoms with Gasteiger partial charge in [0.15, 0.2) is 0 Å². The van der Waals surface area contributed by atoms with Gasteiger partial charge in [0, 0.05) is 37.9 Å². The molecule has 0 aliphatic carbocycles. The largest absolute Gasteiger partial charge is 0.350 e. The molecule has 0 saturated heterocycles. The predicted octanol–water partition coefficient (Wildman–Crippen LogP) is 2.76. The molecule has 0 fully saturated rings. The molecular formula is C20H19FN4O. The van der Waals surface area contributed by atoms with Crippen molar-refractivity contribution in [1.82, 2.24) is 20.6 Å². The minimum atomic E-state index is -0.604. The first-order valence-electron chi connectivity index (χ1n) is 8.27. The Bertz CT molecular complexity index is 825. The lowest BCUT2D eigenvalue weighted by Crippen LogP contribution is -2.37. The average molecular weight is 350 g/mol. The molecule has 6 heteroatoms. The van der Waals surface area contributed by atoms with E-state index >= 15 is 0 Å². The first kappa shape index (κ1) is 17.7. The Kier molecular flexibility index (Phi) is 6.01. The summed E-state index contributed by atoms with van der Waals surface area (Å²) in [6.07, 6.45) is 6.82. The molecule has 1 unspecified atom stereocenters. The summed E-state index contributed by atoms with van der Waals surface area (Å²) in [4.78, 5) is 20.8. The van der Waals surface area contributed by atoms with Crippen molar-refractivity contribution in [2.45, 2.75) is 19.1 Å². The number of nitrogens with one attached hydrogen (secondary N) is 2. The Morgan fingerprint density at radius 3 is 2.12 bits per heavy atom. The van der Waals surface area contributed by atoms with Gasteiger partial charge in [-0.25, -0.2) is 4.39 Å². The molecule has 1 amide bonds. The second kappa shape index (κ2) is 8.82. The Labute approximate surface area is 151 Å². The van der Waals surface area contributed by atoms with Crippen molar-refractivity contribution in [3.63, 3.8) is 0 Å². The molecule has 0 spiro atoms. The van der Waals surface area contributed by atoms with Crippen LogP contribution in [0.15, 0.2) is 73.3 Å². The van der Waals surface area contributed by atoms with Gasteiger partial charge in [0.25, 0.3) is 0 Å². The molecule has 5 nitrogen and oxygen atoms in total. The zero-order valence-electron chi connectivity index (χ0n) is 14.1. The summed E-state index contributed by atoms with van der Waals surface area (Å²) in [6.45, 7) is 0.842. The van der Waals surface area contributed by atoms with Crippen molar-refractivity contribution in [3.05, 3.63) is 95.8 Å². The fourth-order valence-corrected chi connectivity index (χ4v) is 2.53. The van der Waals surface area contributed by atoms with E-state index in [1.807, 2.05) is 24.3 Å². The number of benzene rings is 1. The molecule has 0 aliphatic heterocycles. The summed E-state index contributed by atoms with van der Waals surface area (Å²) in [5.74, 6) is -0.528. The maximum Gasteiger partial charge on any atom is 0.242 e. The molecule has 0 bridgehead atoms. The lowest BCUT2D eigenvalue weighted by molar-refractivity contribution is -0.123. The third kappa shape index (κ3) is 4.94. The van der Waals surface area contributed by atoms with Crippen molar-refractivity contribution >= 4 is 5.91 Å². The Morgan fingerprint density at radius 2 is 1.54 bits per heavy atom. The van der Waals surface area contributed by atoms with E-state index in [4.69, 9.17) is 0 Å². The molecule has 2 aromatic heterocycles. The van der Waals surface area contributed by atoms with Gasteiger partial charge >= 0.3 is 0 Å². The minimum absolute atomic E-state index is 0.190. The van der Waals surface area contributed by atoms with Crippen molar-refractivity contribution < 1.29 is 9.18 Å². The maximum atomic E-state index is 13.2. The molecule has 132 valence electrons. The van der Waals surface area contributed by atoms with Gasteiger partial charge in [0.05, 0.1) is 0 Å². The number of hydrogen-bond donors (Lipinski definition) is 2. The highest BCUT2D eigenvalue weighted by Crippen LogP contribution is 2.15. The zero-order valence-corrected chi connectivity index (χ0v) is 14.1. The lowest BCUT2D eigenvalue weighted by Gasteiger charge is -2.19. The average Bonchev–Trinajstić information content (AvgIpc) is 2.69. The maximum absolute atomic E-state index is 13.2. The van der Waals surface area contributed by atoms with Crippen LogP contribution in [0, 0.1) is 5.82 Å². The van der Waals surface area contributed by atoms with Gasteiger partial charge in [-0.1, -0.05) is 24.3 Å². The molecule has 2 N–H and O–H groups in total. The quantitative estimate of drug-likeness (QED) is 0.688. The highest BCUT2D eigenvalue weighted by molar-refractivity contribution is 5.83. The lowest BCUT2D eigenvalue weighted by atomic mass is 10.1. The van der Waals surface area contributed by atoms with E-state index in [1.54, 1.807) is 36.9 Å². The number of halogens is 1. The smallest absolute Gasteiger partial charge is 0.242 e. The monoisotopic (exact) mass is 350 g/mol. The molecule has 0 radical (unpaired) electrons. The van der Waals surface area contributed by atoms with Crippen LogP contribution in [0.4, 0.5) is 4.39 Å². The van der Waals surface area contributed by atoms with E-state index in [0.29, 0.717) is 18.7 Å². The van der Waals surface area contributed by atoms with Crippen LogP contribution in [0.5, 0.6) is 0 Å². The molecule has 0 saturated carbocycles. The highest BCUT2D eigenvalue weighted by atomic mass is 19.1. The minimum Gasteiger partial charge on any atom is -0.350 e. The van der Waals surface area contributed by atoms with Crippen LogP contribution in [0.1, 0.15) is 22.7 Å². The molecule has 1 atom stereocenters. The van der Waals surface area contributed by atoms with E-state index < -0.39 is 6.04 Å². The number of carbonyl (C=O) groups is 1. The standard InChI is InChI=1S/C20H19FN4O/c21-18-7-5-17(6-8-18)19(24-13-15-3-1-9-22-11-15)20(26)25-14-16-4-2-10-23-12-16/h1-12,19,24H,13-14H2,(H,25,26). The molecule has 1 aromatic carbocycles. The van der Waals surface area contributed by atoms with Crippen LogP contribution < -0.4 is 10.6 Å². The van der Waals surface area contributed by atoms with Crippen LogP contribution in [0.3, 0.4) is 0 Å². The van der Waals surface area contributed by atoms with E-state index in [2.05, 4.69) is 20.6 Å². The van der Waals surface area contributed by atoms with Gasteiger partial charge in [0.1, 0.15) is 11.9 Å². The van der Waals surface area contributed by atoms with Gasteiger partial charge in [-0.2, -0.15) is 0 Å². The highest BCUT2D eigenvalue weighted by Gasteiger charge is 2.20. The third-order valence-corrected chi connectivity index (χ3v) is 3.89. The number of nitrogens with zero attached hydrogens (tertiary/aromatic N) is 2. The predicted molar refractivity (Wildman–Crippen MR) is 96.3 cm³/mol. The SMILES string of the molecule is O=C(NCc1cccnc1)C(NCc1cccnc1)c1ccc(F)cc1. The fourth-order valence-electron chi connectivity index (χ4n) is 2.53. The second-order valence-electron chi connectivity index (χ2n) is 5.81. The summed E-state index contributed by atoms with van der Waals surface area (Å²) in [5, 5.41) is 6.12. The summed E-state index contributed by atoms with van der Waals surface area (Å²) < 4.78 is 13.2. The van der Waals surface area contributed by atoms with Crippen molar-refractivity contribution in [1.29, 1.82) is 0 Å². The van der Waals surface area contributed by atoms with Crippen LogP contribution in [-0.4, -0.2) is 15.9 Å². The summed E-state index contributed by atoms with van der Waals surface area (Å²) in [6, 6.07) is 12.8. The number of carbonyl (C=O) groups excluding carboxylic acids is 1. The number of rotatable bonds is 7. The van der Waals surface area contributed by atoms with E-state index in [1.165, 1.54) is 12.1 Å². The van der Waals surface area contributed by atoms with Crippen LogP contribution in [0.25, 0.3) is 0 Å². The van der Waals surface area contributed by atoms with Crippen molar-refractivity contribution in [2.24, 2.45) is 0 Å². The number of pyridine rings is 2. The van der Waals surface area contributed by atoms with Gasteiger partial charge in [-0.05, 0) is 41.0 Å². The fraction of sp³-hybridized carbons (Fsp3) is 0.150. The Balaban J connectivity index is 1.71. The van der Waals surface area contributed by atoms with E-state index in [0.717, 1.165) is 11.1 Å². The molecule has 0 aliphatic rings. The summed E-state index contributed by atoms with van der Waals surface area (Å²) in [7, 11) is 0. The normalized spacial score (nSPS) is 11.7. The molecule has 2 heterocycles. The first-order chi connectivity index (χ1) is 12.7. The molecule has 3 aromatic rings. The van der Waals surface area contributed by atoms with E-state index in [9.17, 15) is 9.18 Å². The molecular weight excluding hydrogens is 331 g/mol. The number of aromatic nitrogens is 2. The van der Waals surface area contributed by atoms with Gasteiger partial charge in [-0.3, -0.25) is 20.1 Å². The van der Waals surface area contributed by atoms with Crippen LogP contribution in [-0.2, 0) is 17.9 Å². The Morgan fingerprint density at radius 1 is 0.923 bits per heavy atom. The van der Waals surface area contributed by atoms with Gasteiger partial charge < -0.3 is 5.32 Å². The zero-order chi connectivity index (χ0) is 18.2. The topological polar surface area (TPSA) is 66.9 Å². The van der Waals surface area contributed by atoms with Crippen molar-refractivity contribution in [2.75, 3.05) is 0 Å². The molecule has 26 heavy (non-hydrogen) atoms. The number of amides is 1. The van der Waals surface area contributed by atoms with Gasteiger partial charge in [-0.15, -0.1) is 0 Å². The summed E-state index contributed by atoms with van der Waals surface area (Å²) >= 11 is 0. The van der Waals surface area contributed by atoms with Crippen LogP contribution in [0.2, 0.25) is 0 Å². The van der Waals surface area contributed by atoms with Gasteiger partial charge in [0.2, 0.25) is 5.91 Å². The molecule has 3 rings (SSSR count). The van der Waals surface area contributed by atoms with E-state index in [-0.39, 0.29) is 11.7 Å².